The predicted octanol–water partition coefficient (Wildman–Crippen LogP) is 9.88. The molecule has 0 bridgehead atoms. The normalized spacial score (nSPS) is 34.7. The van der Waals surface area contributed by atoms with Crippen LogP contribution in [0.25, 0.3) is 0 Å². The molecule has 0 aliphatic heterocycles. The minimum absolute atomic E-state index is 0.0393. The summed E-state index contributed by atoms with van der Waals surface area (Å²) in [5, 5.41) is 2.53. The quantitative estimate of drug-likeness (QED) is 0.211. The topological polar surface area (TPSA) is 47.6 Å². The van der Waals surface area contributed by atoms with Gasteiger partial charge < -0.3 is 14.2 Å². The first-order valence-electron chi connectivity index (χ1n) is 16.6. The zero-order valence-corrected chi connectivity index (χ0v) is 31.3. The number of carbonyl (C=O) groups excluding carboxylic acids is 1. The summed E-state index contributed by atoms with van der Waals surface area (Å²) in [6, 6.07) is 0. The maximum atomic E-state index is 13.3. The first-order chi connectivity index (χ1) is 19.3. The van der Waals surface area contributed by atoms with Gasteiger partial charge in [0.25, 0.3) is 0 Å². The molecule has 3 saturated carbocycles. The van der Waals surface area contributed by atoms with Crippen LogP contribution in [0.15, 0.2) is 12.2 Å². The highest BCUT2D eigenvalue weighted by atomic mass is 28.4. The van der Waals surface area contributed by atoms with E-state index in [2.05, 4.69) is 93.5 Å². The lowest BCUT2D eigenvalue weighted by Gasteiger charge is -2.58. The monoisotopic (exact) mass is 645 g/mol. The maximum Gasteiger partial charge on any atom is 0.471 e. The van der Waals surface area contributed by atoms with Gasteiger partial charge in [0.1, 0.15) is 0 Å². The van der Waals surface area contributed by atoms with Gasteiger partial charge in [0.15, 0.2) is 16.6 Å². The van der Waals surface area contributed by atoms with Gasteiger partial charge >= 0.3 is 12.1 Å². The van der Waals surface area contributed by atoms with Crippen molar-refractivity contribution in [2.75, 3.05) is 13.2 Å². The molecule has 0 spiro atoms. The van der Waals surface area contributed by atoms with Gasteiger partial charge in [0.2, 0.25) is 0 Å². The van der Waals surface area contributed by atoms with E-state index in [0.717, 1.165) is 44.9 Å². The molecule has 0 radical (unpaired) electrons. The molecule has 250 valence electrons. The van der Waals surface area contributed by atoms with E-state index in [4.69, 9.17) is 8.85 Å². The Morgan fingerprint density at radius 2 is 1.51 bits per heavy atom. The average molecular weight is 646 g/mol. The lowest BCUT2D eigenvalue weighted by Crippen LogP contribution is -2.56. The van der Waals surface area contributed by atoms with E-state index in [1.807, 2.05) is 0 Å². The molecule has 7 atom stereocenters. The Morgan fingerprint density at radius 1 is 0.930 bits per heavy atom. The maximum absolute atomic E-state index is 13.3. The van der Waals surface area contributed by atoms with E-state index in [0.29, 0.717) is 6.61 Å². The van der Waals surface area contributed by atoms with Crippen LogP contribution in [-0.2, 0) is 13.6 Å². The fraction of sp³-hybridized carbons (Fsp3) is 0.912. The summed E-state index contributed by atoms with van der Waals surface area (Å²) < 4.78 is 53.9. The highest BCUT2D eigenvalue weighted by Crippen LogP contribution is 2.63. The van der Waals surface area contributed by atoms with Gasteiger partial charge in [-0.3, -0.25) is 4.79 Å². The van der Waals surface area contributed by atoms with Gasteiger partial charge in [-0.25, -0.2) is 0 Å². The van der Waals surface area contributed by atoms with Gasteiger partial charge in [0.05, 0.1) is 0 Å². The van der Waals surface area contributed by atoms with Crippen molar-refractivity contribution in [1.82, 2.24) is 5.32 Å². The van der Waals surface area contributed by atoms with Crippen LogP contribution in [-0.4, -0.2) is 48.0 Å². The smallest absolute Gasteiger partial charge is 0.417 e. The molecule has 0 heterocycles. The first-order valence-corrected chi connectivity index (χ1v) is 22.4. The van der Waals surface area contributed by atoms with Crippen molar-refractivity contribution in [1.29, 1.82) is 0 Å². The fourth-order valence-electron chi connectivity index (χ4n) is 7.96. The van der Waals surface area contributed by atoms with Crippen LogP contribution in [0.2, 0.25) is 36.3 Å². The summed E-state index contributed by atoms with van der Waals surface area (Å²) in [6.07, 6.45) is 1.86. The summed E-state index contributed by atoms with van der Waals surface area (Å²) in [5.74, 6) is -1.24. The van der Waals surface area contributed by atoms with E-state index < -0.39 is 28.7 Å². The minimum Gasteiger partial charge on any atom is -0.417 e. The molecule has 1 amide bonds. The third-order valence-electron chi connectivity index (χ3n) is 13.2. The molecule has 9 heteroatoms. The Bertz CT molecular complexity index is 1030. The van der Waals surface area contributed by atoms with Gasteiger partial charge in [-0.15, -0.1) is 0 Å². The fourth-order valence-corrected chi connectivity index (χ4v) is 10.4. The molecular weight excluding hydrogens is 584 g/mol. The number of nitrogens with one attached hydrogen (secondary N) is 1. The number of hydrogen-bond acceptors (Lipinski definition) is 3. The van der Waals surface area contributed by atoms with E-state index in [9.17, 15) is 18.0 Å². The predicted molar refractivity (Wildman–Crippen MR) is 176 cm³/mol. The van der Waals surface area contributed by atoms with Crippen molar-refractivity contribution < 1.29 is 26.8 Å². The van der Waals surface area contributed by atoms with E-state index in [1.165, 1.54) is 5.57 Å². The molecular formula is C34H62F3NO3Si2. The third kappa shape index (κ3) is 7.51. The Kier molecular flexibility index (Phi) is 10.4. The molecule has 1 N–H and O–H groups in total. The SMILES string of the molecule is C=C1CC[C@H]2[C@H](CNC(=O)C(F)(F)F)[C@@H]([C@]3(C)CC[C@H](O[Si](C)(C)C(C)(C)C)C[C@@H]3CO[Si](C)(C)C(C)(C)C)CC[C@]12C. The van der Waals surface area contributed by atoms with Gasteiger partial charge in [0, 0.05) is 19.3 Å². The number of amides is 1. The molecule has 0 aromatic carbocycles. The van der Waals surface area contributed by atoms with Crippen LogP contribution in [0, 0.1) is 34.5 Å². The number of alkyl halides is 3. The van der Waals surface area contributed by atoms with Crippen LogP contribution in [0.1, 0.15) is 100 Å². The Labute approximate surface area is 263 Å². The number of carbonyl (C=O) groups is 1. The highest BCUT2D eigenvalue weighted by molar-refractivity contribution is 6.74. The summed E-state index contributed by atoms with van der Waals surface area (Å²) >= 11 is 0. The average Bonchev–Trinajstić information content (AvgIpc) is 3.14. The number of rotatable bonds is 8. The molecule has 4 nitrogen and oxygen atoms in total. The van der Waals surface area contributed by atoms with Crippen molar-refractivity contribution in [2.24, 2.45) is 34.5 Å². The van der Waals surface area contributed by atoms with Crippen LogP contribution in [0.5, 0.6) is 0 Å². The van der Waals surface area contributed by atoms with Gasteiger partial charge in [-0.2, -0.15) is 13.2 Å². The summed E-state index contributed by atoms with van der Waals surface area (Å²) in [5.41, 5.74) is 1.00. The standard InChI is InChI=1S/C34H62F3NO3Si2/c1-23-14-15-27-26(21-38-29(39)34(35,36)37)28(17-19-32(23,27)8)33(9)18-16-25(41-43(12,13)31(5,6)7)20-24(33)22-40-42(10,11)30(2,3)4/h24-28H,1,14-22H2,2-13H3,(H,38,39)/t24-,25+,26+,27+,28+,32-,33-/m1/s1. The second-order valence-corrected chi connectivity index (χ2v) is 27.3. The zero-order valence-electron chi connectivity index (χ0n) is 29.3. The minimum atomic E-state index is -4.88. The second-order valence-electron chi connectivity index (χ2n) is 17.7. The van der Waals surface area contributed by atoms with Crippen LogP contribution >= 0.6 is 0 Å². The second kappa shape index (κ2) is 12.2. The first kappa shape index (κ1) is 36.8. The van der Waals surface area contributed by atoms with E-state index >= 15 is 0 Å². The molecule has 3 fully saturated rings. The lowest BCUT2D eigenvalue weighted by atomic mass is 9.49. The van der Waals surface area contributed by atoms with Crippen molar-refractivity contribution in [3.05, 3.63) is 12.2 Å². The van der Waals surface area contributed by atoms with Crippen LogP contribution in [0.4, 0.5) is 13.2 Å². The summed E-state index contributed by atoms with van der Waals surface area (Å²) in [6.45, 7) is 32.6. The van der Waals surface area contributed by atoms with Gasteiger partial charge in [-0.1, -0.05) is 67.5 Å². The van der Waals surface area contributed by atoms with Crippen molar-refractivity contribution in [2.45, 2.75) is 149 Å². The van der Waals surface area contributed by atoms with E-state index in [1.54, 1.807) is 0 Å². The Morgan fingerprint density at radius 3 is 2.05 bits per heavy atom. The summed E-state index contributed by atoms with van der Waals surface area (Å²) in [7, 11) is -4.02. The molecule has 3 aliphatic carbocycles. The highest BCUT2D eigenvalue weighted by Gasteiger charge is 2.58. The van der Waals surface area contributed by atoms with Crippen molar-refractivity contribution >= 4 is 22.5 Å². The van der Waals surface area contributed by atoms with Gasteiger partial charge in [-0.05, 0) is 116 Å². The molecule has 3 aliphatic rings. The molecule has 0 saturated heterocycles. The Hall–Kier alpha value is -0.646. The number of hydrogen-bond donors (Lipinski definition) is 1. The third-order valence-corrected chi connectivity index (χ3v) is 22.2. The lowest BCUT2D eigenvalue weighted by molar-refractivity contribution is -0.174. The van der Waals surface area contributed by atoms with E-state index in [-0.39, 0.29) is 57.2 Å². The van der Waals surface area contributed by atoms with Crippen LogP contribution < -0.4 is 5.32 Å². The molecule has 0 aromatic rings. The zero-order chi connectivity index (χ0) is 33.0. The largest absolute Gasteiger partial charge is 0.471 e. The van der Waals surface area contributed by atoms with Crippen molar-refractivity contribution in [3.63, 3.8) is 0 Å². The molecule has 43 heavy (non-hydrogen) atoms. The summed E-state index contributed by atoms with van der Waals surface area (Å²) in [4.78, 5) is 12.1. The number of allylic oxidation sites excluding steroid dienone is 1. The molecule has 0 aromatic heterocycles. The number of halogens is 3. The van der Waals surface area contributed by atoms with Crippen LogP contribution in [0.3, 0.4) is 0 Å². The molecule has 3 rings (SSSR count). The molecule has 0 unspecified atom stereocenters. The Balaban J connectivity index is 1.98. The van der Waals surface area contributed by atoms with Crippen molar-refractivity contribution in [3.8, 4) is 0 Å². The number of fused-ring (bicyclic) bond motifs is 1.